The second-order valence-electron chi connectivity index (χ2n) is 1.42. The molecule has 0 saturated carbocycles. The minimum absolute atomic E-state index is 0.522. The van der Waals surface area contributed by atoms with E-state index in [2.05, 4.69) is 11.8 Å². The zero-order chi connectivity index (χ0) is 6.24. The predicted octanol–water partition coefficient (Wildman–Crippen LogP) is 1.29. The third-order valence-corrected chi connectivity index (χ3v) is 0.757. The lowest BCUT2D eigenvalue weighted by Crippen LogP contribution is -1.72. The molecule has 0 aliphatic carbocycles. The zero-order valence-electron chi connectivity index (χ0n) is 5.03. The average molecular weight is 109 g/mol. The average Bonchev–Trinajstić information content (AvgIpc) is 1.81. The van der Waals surface area contributed by atoms with E-state index >= 15 is 0 Å². The van der Waals surface area contributed by atoms with Crippen LogP contribution in [0.5, 0.6) is 0 Å². The van der Waals surface area contributed by atoms with Crippen molar-refractivity contribution in [3.05, 3.63) is 0 Å². The van der Waals surface area contributed by atoms with Crippen molar-refractivity contribution in [1.82, 2.24) is 0 Å². The van der Waals surface area contributed by atoms with Crippen molar-refractivity contribution in [3.63, 3.8) is 0 Å². The van der Waals surface area contributed by atoms with Crippen molar-refractivity contribution in [2.45, 2.75) is 26.2 Å². The van der Waals surface area contributed by atoms with Crippen molar-refractivity contribution in [2.75, 3.05) is 0 Å². The van der Waals surface area contributed by atoms with Gasteiger partial charge in [0.25, 0.3) is 0 Å². The maximum Gasteiger partial charge on any atom is 0.198 e. The van der Waals surface area contributed by atoms with Crippen molar-refractivity contribution in [2.24, 2.45) is 0 Å². The molecule has 0 aromatic heterocycles. The van der Waals surface area contributed by atoms with Crippen molar-refractivity contribution in [1.29, 1.82) is 0 Å². The van der Waals surface area contributed by atoms with Crippen molar-refractivity contribution < 1.29 is 4.79 Å². The van der Waals surface area contributed by atoms with E-state index in [0.29, 0.717) is 6.42 Å². The number of hydrogen-bond donors (Lipinski definition) is 0. The van der Waals surface area contributed by atoms with Gasteiger partial charge in [-0.25, -0.2) is 0 Å². The molecule has 0 rings (SSSR count). The summed E-state index contributed by atoms with van der Waals surface area (Å²) in [6.45, 7) is 1.80. The molecule has 0 aliphatic heterocycles. The van der Waals surface area contributed by atoms with E-state index in [1.54, 1.807) is 6.92 Å². The van der Waals surface area contributed by atoms with Gasteiger partial charge in [-0.1, -0.05) is 0 Å². The van der Waals surface area contributed by atoms with E-state index in [1.807, 2.05) is 6.29 Å². The summed E-state index contributed by atoms with van der Waals surface area (Å²) >= 11 is 0. The number of carbonyl (C=O) groups excluding carboxylic acids is 1. The predicted molar refractivity (Wildman–Crippen MR) is 33.0 cm³/mol. The molecule has 1 nitrogen and oxygen atoms in total. The van der Waals surface area contributed by atoms with Crippen LogP contribution in [0.15, 0.2) is 0 Å². The minimum Gasteiger partial charge on any atom is -0.291 e. The molecule has 0 unspecified atom stereocenters. The first-order valence-electron chi connectivity index (χ1n) is 2.66. The Morgan fingerprint density at radius 2 is 2.12 bits per heavy atom. The molecule has 0 bridgehead atoms. The summed E-state index contributed by atoms with van der Waals surface area (Å²) < 4.78 is 0. The molecule has 0 saturated heterocycles. The molecule has 0 fully saturated rings. The van der Waals surface area contributed by atoms with E-state index in [4.69, 9.17) is 0 Å². The lowest BCUT2D eigenvalue weighted by atomic mass is 10.2. The van der Waals surface area contributed by atoms with Gasteiger partial charge in [-0.05, 0) is 13.3 Å². The molecular weight excluding hydrogens is 100 g/mol. The summed E-state index contributed by atoms with van der Waals surface area (Å²) in [6, 6.07) is 0. The second-order valence-corrected chi connectivity index (χ2v) is 1.42. The highest BCUT2D eigenvalue weighted by atomic mass is 16.1. The largest absolute Gasteiger partial charge is 0.291 e. The van der Waals surface area contributed by atoms with E-state index in [1.165, 1.54) is 0 Å². The van der Waals surface area contributed by atoms with Gasteiger partial charge in [-0.15, -0.1) is 11.8 Å². The van der Waals surface area contributed by atoms with Gasteiger partial charge in [-0.2, -0.15) is 0 Å². The van der Waals surface area contributed by atoms with Gasteiger partial charge in [-0.3, -0.25) is 4.79 Å². The summed E-state index contributed by atoms with van der Waals surface area (Å²) in [5.74, 6) is 5.60. The topological polar surface area (TPSA) is 17.1 Å². The van der Waals surface area contributed by atoms with Gasteiger partial charge in [0.2, 0.25) is 0 Å². The Morgan fingerprint density at radius 3 is 2.62 bits per heavy atom. The molecule has 0 amide bonds. The SMILES string of the molecule is CC#CCCC[C]=O. The Bertz CT molecular complexity index is 105. The third-order valence-electron chi connectivity index (χ3n) is 0.757. The van der Waals surface area contributed by atoms with Crippen LogP contribution >= 0.6 is 0 Å². The molecule has 0 spiro atoms. The molecular formula is C7H9O. The molecule has 0 atom stereocenters. The van der Waals surface area contributed by atoms with Crippen LogP contribution in [0, 0.1) is 11.8 Å². The van der Waals surface area contributed by atoms with E-state index in [0.717, 1.165) is 12.8 Å². The highest BCUT2D eigenvalue weighted by molar-refractivity contribution is 5.50. The first-order valence-corrected chi connectivity index (χ1v) is 2.66. The number of rotatable bonds is 3. The fourth-order valence-electron chi connectivity index (χ4n) is 0.374. The van der Waals surface area contributed by atoms with E-state index in [-0.39, 0.29) is 0 Å². The standard InChI is InChI=1S/C7H9O/c1-2-3-4-5-6-7-8/h4-6H2,1H3. The van der Waals surface area contributed by atoms with Crippen LogP contribution in [0.25, 0.3) is 0 Å². The van der Waals surface area contributed by atoms with Crippen molar-refractivity contribution in [3.8, 4) is 11.8 Å². The fourth-order valence-corrected chi connectivity index (χ4v) is 0.374. The maximum absolute atomic E-state index is 9.59. The summed E-state index contributed by atoms with van der Waals surface area (Å²) in [5, 5.41) is 0. The molecule has 0 N–H and O–H groups in total. The van der Waals surface area contributed by atoms with Gasteiger partial charge in [0.1, 0.15) is 0 Å². The molecule has 0 heterocycles. The lowest BCUT2D eigenvalue weighted by molar-refractivity contribution is 0.549. The Labute approximate surface area is 50.1 Å². The Balaban J connectivity index is 2.89. The van der Waals surface area contributed by atoms with Crippen LogP contribution in [-0.2, 0) is 4.79 Å². The van der Waals surface area contributed by atoms with Gasteiger partial charge in [0.05, 0.1) is 0 Å². The van der Waals surface area contributed by atoms with Gasteiger partial charge in [0.15, 0.2) is 6.29 Å². The number of hydrogen-bond acceptors (Lipinski definition) is 1. The monoisotopic (exact) mass is 109 g/mol. The summed E-state index contributed by atoms with van der Waals surface area (Å²) in [5.41, 5.74) is 0. The Morgan fingerprint density at radius 1 is 1.38 bits per heavy atom. The zero-order valence-corrected chi connectivity index (χ0v) is 5.03. The molecule has 8 heavy (non-hydrogen) atoms. The smallest absolute Gasteiger partial charge is 0.198 e. The molecule has 1 radical (unpaired) electrons. The summed E-state index contributed by atoms with van der Waals surface area (Å²) in [6.07, 6.45) is 4.01. The van der Waals surface area contributed by atoms with Crippen LogP contribution in [0.4, 0.5) is 0 Å². The van der Waals surface area contributed by atoms with E-state index in [9.17, 15) is 4.79 Å². The molecule has 43 valence electrons. The maximum atomic E-state index is 9.59. The minimum atomic E-state index is 0.522. The highest BCUT2D eigenvalue weighted by Crippen LogP contribution is 1.88. The molecule has 1 heteroatoms. The van der Waals surface area contributed by atoms with Crippen LogP contribution in [-0.4, -0.2) is 6.29 Å². The number of unbranched alkanes of at least 4 members (excludes halogenated alkanes) is 2. The van der Waals surface area contributed by atoms with Crippen LogP contribution in [0.2, 0.25) is 0 Å². The second kappa shape index (κ2) is 6.23. The van der Waals surface area contributed by atoms with Crippen LogP contribution < -0.4 is 0 Å². The quantitative estimate of drug-likeness (QED) is 0.394. The van der Waals surface area contributed by atoms with Crippen LogP contribution in [0.1, 0.15) is 26.2 Å². The highest BCUT2D eigenvalue weighted by Gasteiger charge is 1.79. The van der Waals surface area contributed by atoms with Crippen molar-refractivity contribution >= 4 is 6.29 Å². The fraction of sp³-hybridized carbons (Fsp3) is 0.571. The Kier molecular flexibility index (Phi) is 5.63. The van der Waals surface area contributed by atoms with E-state index < -0.39 is 0 Å². The normalized spacial score (nSPS) is 7.12. The van der Waals surface area contributed by atoms with Gasteiger partial charge >= 0.3 is 0 Å². The molecule has 0 aromatic carbocycles. The molecule has 0 aliphatic rings. The van der Waals surface area contributed by atoms with Crippen LogP contribution in [0.3, 0.4) is 0 Å². The first-order chi connectivity index (χ1) is 3.91. The Hall–Kier alpha value is -0.770. The first kappa shape index (κ1) is 7.23. The molecule has 0 aromatic rings. The summed E-state index contributed by atoms with van der Waals surface area (Å²) in [4.78, 5) is 9.59. The summed E-state index contributed by atoms with van der Waals surface area (Å²) in [7, 11) is 0. The lowest BCUT2D eigenvalue weighted by Gasteiger charge is -1.79. The van der Waals surface area contributed by atoms with Gasteiger partial charge < -0.3 is 0 Å². The third kappa shape index (κ3) is 5.23. The van der Waals surface area contributed by atoms with Gasteiger partial charge in [0, 0.05) is 12.8 Å².